The van der Waals surface area contributed by atoms with E-state index in [9.17, 15) is 5.11 Å². The number of aliphatic hydroxyl groups excluding tert-OH is 2. The SMILES string of the molecule is CCOC1=C(O)c2cc(OCCCCO)ccc2OC1. The van der Waals surface area contributed by atoms with Gasteiger partial charge in [0.1, 0.15) is 18.1 Å². The van der Waals surface area contributed by atoms with Crippen LogP contribution in [0, 0.1) is 0 Å². The molecule has 1 aliphatic heterocycles. The quantitative estimate of drug-likeness (QED) is 0.751. The molecular weight excluding hydrogens is 260 g/mol. The summed E-state index contributed by atoms with van der Waals surface area (Å²) in [6, 6.07) is 5.31. The van der Waals surface area contributed by atoms with Crippen molar-refractivity contribution in [2.75, 3.05) is 26.4 Å². The fourth-order valence-electron chi connectivity index (χ4n) is 1.96. The van der Waals surface area contributed by atoms with Crippen molar-refractivity contribution in [2.45, 2.75) is 19.8 Å². The lowest BCUT2D eigenvalue weighted by Gasteiger charge is -2.21. The molecular formula is C15H20O5. The van der Waals surface area contributed by atoms with Gasteiger partial charge in [-0.3, -0.25) is 0 Å². The van der Waals surface area contributed by atoms with Gasteiger partial charge in [0, 0.05) is 6.61 Å². The monoisotopic (exact) mass is 280 g/mol. The van der Waals surface area contributed by atoms with E-state index in [1.54, 1.807) is 18.2 Å². The number of aliphatic hydroxyl groups is 2. The van der Waals surface area contributed by atoms with Crippen LogP contribution in [0.2, 0.25) is 0 Å². The molecule has 0 fully saturated rings. The van der Waals surface area contributed by atoms with Crippen molar-refractivity contribution in [2.24, 2.45) is 0 Å². The maximum atomic E-state index is 10.2. The second kappa shape index (κ2) is 7.05. The molecule has 0 aromatic heterocycles. The third kappa shape index (κ3) is 3.36. The molecule has 1 aliphatic rings. The highest BCUT2D eigenvalue weighted by Gasteiger charge is 2.21. The topological polar surface area (TPSA) is 68.2 Å². The Kier molecular flexibility index (Phi) is 5.12. The van der Waals surface area contributed by atoms with E-state index in [0.717, 1.165) is 6.42 Å². The third-order valence-electron chi connectivity index (χ3n) is 2.97. The summed E-state index contributed by atoms with van der Waals surface area (Å²) in [5, 5.41) is 18.9. The maximum Gasteiger partial charge on any atom is 0.176 e. The standard InChI is InChI=1S/C15H20O5/c1-2-18-14-10-20-13-6-5-11(9-12(13)15(14)17)19-8-4-3-7-16/h5-6,9,16-17H,2-4,7-8,10H2,1H3. The molecule has 1 aromatic carbocycles. The Bertz CT molecular complexity index is 481. The van der Waals surface area contributed by atoms with Crippen LogP contribution in [0.15, 0.2) is 24.0 Å². The van der Waals surface area contributed by atoms with Crippen LogP contribution in [0.5, 0.6) is 11.5 Å². The summed E-state index contributed by atoms with van der Waals surface area (Å²) in [4.78, 5) is 0. The van der Waals surface area contributed by atoms with Crippen LogP contribution in [0.4, 0.5) is 0 Å². The van der Waals surface area contributed by atoms with Gasteiger partial charge in [0.15, 0.2) is 11.5 Å². The van der Waals surface area contributed by atoms with Crippen molar-refractivity contribution >= 4 is 5.76 Å². The minimum absolute atomic E-state index is 0.105. The number of rotatable bonds is 7. The van der Waals surface area contributed by atoms with Gasteiger partial charge >= 0.3 is 0 Å². The highest BCUT2D eigenvalue weighted by Crippen LogP contribution is 2.34. The fraction of sp³-hybridized carbons (Fsp3) is 0.467. The lowest BCUT2D eigenvalue weighted by atomic mass is 10.1. The largest absolute Gasteiger partial charge is 0.504 e. The number of ether oxygens (including phenoxy) is 3. The first-order chi connectivity index (χ1) is 9.76. The summed E-state index contributed by atoms with van der Waals surface area (Å²) in [7, 11) is 0. The molecule has 0 saturated carbocycles. The molecule has 0 aliphatic carbocycles. The van der Waals surface area contributed by atoms with Crippen LogP contribution in [0.3, 0.4) is 0 Å². The smallest absolute Gasteiger partial charge is 0.176 e. The van der Waals surface area contributed by atoms with Crippen LogP contribution < -0.4 is 9.47 Å². The first kappa shape index (κ1) is 14.5. The number of unbranched alkanes of at least 4 members (excludes halogenated alkanes) is 1. The van der Waals surface area contributed by atoms with Gasteiger partial charge in [-0.2, -0.15) is 0 Å². The predicted molar refractivity (Wildman–Crippen MR) is 74.9 cm³/mol. The van der Waals surface area contributed by atoms with E-state index in [4.69, 9.17) is 19.3 Å². The number of hydrogen-bond acceptors (Lipinski definition) is 5. The zero-order valence-corrected chi connectivity index (χ0v) is 11.6. The summed E-state index contributed by atoms with van der Waals surface area (Å²) < 4.78 is 16.4. The molecule has 0 saturated heterocycles. The average Bonchev–Trinajstić information content (AvgIpc) is 2.47. The number of hydrogen-bond donors (Lipinski definition) is 2. The molecule has 5 nitrogen and oxygen atoms in total. The Balaban J connectivity index is 2.10. The maximum absolute atomic E-state index is 10.2. The predicted octanol–water partition coefficient (Wildman–Crippen LogP) is 2.49. The van der Waals surface area contributed by atoms with E-state index in [2.05, 4.69) is 0 Å². The van der Waals surface area contributed by atoms with E-state index >= 15 is 0 Å². The molecule has 0 unspecified atom stereocenters. The molecule has 5 heteroatoms. The zero-order valence-electron chi connectivity index (χ0n) is 11.6. The van der Waals surface area contributed by atoms with E-state index in [-0.39, 0.29) is 19.0 Å². The molecule has 1 aromatic rings. The molecule has 110 valence electrons. The van der Waals surface area contributed by atoms with Crippen molar-refractivity contribution in [1.82, 2.24) is 0 Å². The molecule has 0 radical (unpaired) electrons. The molecule has 0 spiro atoms. The molecule has 0 atom stereocenters. The summed E-state index contributed by atoms with van der Waals surface area (Å²) >= 11 is 0. The first-order valence-corrected chi connectivity index (χ1v) is 6.82. The molecule has 20 heavy (non-hydrogen) atoms. The van der Waals surface area contributed by atoms with Gasteiger partial charge in [-0.05, 0) is 38.0 Å². The molecule has 2 N–H and O–H groups in total. The third-order valence-corrected chi connectivity index (χ3v) is 2.97. The fourth-order valence-corrected chi connectivity index (χ4v) is 1.96. The van der Waals surface area contributed by atoms with Gasteiger partial charge in [0.2, 0.25) is 0 Å². The summed E-state index contributed by atoms with van der Waals surface area (Å²) in [5.41, 5.74) is 0.583. The normalized spacial score (nSPS) is 13.7. The van der Waals surface area contributed by atoms with Crippen LogP contribution in [-0.4, -0.2) is 36.6 Å². The molecule has 0 bridgehead atoms. The van der Waals surface area contributed by atoms with Gasteiger partial charge < -0.3 is 24.4 Å². The lowest BCUT2D eigenvalue weighted by Crippen LogP contribution is -2.14. The second-order valence-corrected chi connectivity index (χ2v) is 4.43. The van der Waals surface area contributed by atoms with E-state index in [1.165, 1.54) is 0 Å². The molecule has 2 rings (SSSR count). The summed E-state index contributed by atoms with van der Waals surface area (Å²) in [6.45, 7) is 3.28. The summed E-state index contributed by atoms with van der Waals surface area (Å²) in [6.07, 6.45) is 1.50. The van der Waals surface area contributed by atoms with Crippen LogP contribution >= 0.6 is 0 Å². The van der Waals surface area contributed by atoms with Crippen molar-refractivity contribution in [3.05, 3.63) is 29.5 Å². The van der Waals surface area contributed by atoms with Gasteiger partial charge in [-0.1, -0.05) is 0 Å². The first-order valence-electron chi connectivity index (χ1n) is 6.82. The van der Waals surface area contributed by atoms with Crippen molar-refractivity contribution in [1.29, 1.82) is 0 Å². The van der Waals surface area contributed by atoms with Gasteiger partial charge in [-0.15, -0.1) is 0 Å². The molecule has 0 amide bonds. The Morgan fingerprint density at radius 2 is 2.10 bits per heavy atom. The van der Waals surface area contributed by atoms with Crippen molar-refractivity contribution < 1.29 is 24.4 Å². The number of fused-ring (bicyclic) bond motifs is 1. The summed E-state index contributed by atoms with van der Waals surface area (Å²) in [5.74, 6) is 1.83. The van der Waals surface area contributed by atoms with Crippen LogP contribution in [-0.2, 0) is 4.74 Å². The zero-order chi connectivity index (χ0) is 14.4. The van der Waals surface area contributed by atoms with E-state index in [1.807, 2.05) is 6.92 Å². The van der Waals surface area contributed by atoms with Gasteiger partial charge in [0.25, 0.3) is 0 Å². The Morgan fingerprint density at radius 3 is 2.85 bits per heavy atom. The number of benzene rings is 1. The highest BCUT2D eigenvalue weighted by molar-refractivity contribution is 5.69. The Hall–Kier alpha value is -1.88. The molecule has 1 heterocycles. The van der Waals surface area contributed by atoms with Crippen molar-refractivity contribution in [3.63, 3.8) is 0 Å². The Labute approximate surface area is 118 Å². The van der Waals surface area contributed by atoms with E-state index < -0.39 is 0 Å². The average molecular weight is 280 g/mol. The van der Waals surface area contributed by atoms with E-state index in [0.29, 0.717) is 42.5 Å². The van der Waals surface area contributed by atoms with Crippen LogP contribution in [0.25, 0.3) is 5.76 Å². The minimum Gasteiger partial charge on any atom is -0.504 e. The highest BCUT2D eigenvalue weighted by atomic mass is 16.5. The second-order valence-electron chi connectivity index (χ2n) is 4.43. The van der Waals surface area contributed by atoms with Gasteiger partial charge in [0.05, 0.1) is 18.8 Å². The lowest BCUT2D eigenvalue weighted by molar-refractivity contribution is 0.168. The van der Waals surface area contributed by atoms with Crippen LogP contribution in [0.1, 0.15) is 25.3 Å². The van der Waals surface area contributed by atoms with Gasteiger partial charge in [-0.25, -0.2) is 0 Å². The minimum atomic E-state index is 0.105. The Morgan fingerprint density at radius 1 is 1.25 bits per heavy atom. The van der Waals surface area contributed by atoms with Crippen molar-refractivity contribution in [3.8, 4) is 11.5 Å².